The van der Waals surface area contributed by atoms with Crippen LogP contribution in [0.3, 0.4) is 0 Å². The van der Waals surface area contributed by atoms with Crippen molar-refractivity contribution in [2.24, 2.45) is 5.92 Å². The molecule has 1 saturated heterocycles. The summed E-state index contributed by atoms with van der Waals surface area (Å²) < 4.78 is 0. The highest BCUT2D eigenvalue weighted by Crippen LogP contribution is 2.25. The summed E-state index contributed by atoms with van der Waals surface area (Å²) in [4.78, 5) is 5.66. The van der Waals surface area contributed by atoms with E-state index in [2.05, 4.69) is 37.1 Å². The van der Waals surface area contributed by atoms with E-state index in [1.54, 1.807) is 5.56 Å². The zero-order valence-electron chi connectivity index (χ0n) is 13.4. The van der Waals surface area contributed by atoms with Crippen molar-refractivity contribution in [1.29, 1.82) is 0 Å². The molecule has 0 saturated carbocycles. The predicted octanol–water partition coefficient (Wildman–Crippen LogP) is 4.18. The number of hydrogen-bond acceptors (Lipinski definition) is 3. The Hall–Kier alpha value is -0.380. The van der Waals surface area contributed by atoms with Gasteiger partial charge in [0.05, 0.1) is 0 Å². The lowest BCUT2D eigenvalue weighted by molar-refractivity contribution is 0.273. The minimum Gasteiger partial charge on any atom is -0.312 e. The number of nitrogens with zero attached hydrogens (tertiary/aromatic N) is 1. The molecule has 0 radical (unpaired) electrons. The van der Waals surface area contributed by atoms with Crippen LogP contribution in [0.2, 0.25) is 0 Å². The zero-order valence-corrected chi connectivity index (χ0v) is 14.2. The Morgan fingerprint density at radius 1 is 1.35 bits per heavy atom. The van der Waals surface area contributed by atoms with E-state index < -0.39 is 0 Å². The number of thiophene rings is 1. The monoisotopic (exact) mass is 294 g/mol. The van der Waals surface area contributed by atoms with Crippen molar-refractivity contribution < 1.29 is 0 Å². The van der Waals surface area contributed by atoms with Gasteiger partial charge in [0, 0.05) is 22.8 Å². The minimum absolute atomic E-state index is 0.914. The van der Waals surface area contributed by atoms with Gasteiger partial charge >= 0.3 is 0 Å². The van der Waals surface area contributed by atoms with E-state index in [4.69, 9.17) is 0 Å². The molecule has 0 aliphatic carbocycles. The molecule has 0 spiro atoms. The predicted molar refractivity (Wildman–Crippen MR) is 89.3 cm³/mol. The Morgan fingerprint density at radius 3 is 3.00 bits per heavy atom. The van der Waals surface area contributed by atoms with Crippen LogP contribution in [0.4, 0.5) is 0 Å². The molecule has 1 fully saturated rings. The molecular formula is C17H30N2S. The fraction of sp³-hybridized carbons (Fsp3) is 0.765. The van der Waals surface area contributed by atoms with Crippen molar-refractivity contribution in [3.8, 4) is 0 Å². The molecule has 2 rings (SSSR count). The van der Waals surface area contributed by atoms with Crippen molar-refractivity contribution in [2.45, 2.75) is 59.5 Å². The Kier molecular flexibility index (Phi) is 6.53. The number of rotatable bonds is 6. The highest BCUT2D eigenvalue weighted by Gasteiger charge is 2.15. The van der Waals surface area contributed by atoms with Gasteiger partial charge < -0.3 is 5.32 Å². The second-order valence-corrected chi connectivity index (χ2v) is 7.62. The van der Waals surface area contributed by atoms with E-state index >= 15 is 0 Å². The second kappa shape index (κ2) is 8.16. The van der Waals surface area contributed by atoms with Crippen molar-refractivity contribution in [1.82, 2.24) is 10.2 Å². The Balaban J connectivity index is 1.88. The van der Waals surface area contributed by atoms with E-state index in [1.807, 2.05) is 11.3 Å². The molecule has 0 bridgehead atoms. The van der Waals surface area contributed by atoms with Crippen LogP contribution in [0.5, 0.6) is 0 Å². The van der Waals surface area contributed by atoms with Gasteiger partial charge in [-0.2, -0.15) is 0 Å². The molecule has 1 atom stereocenters. The minimum atomic E-state index is 0.914. The third kappa shape index (κ3) is 4.87. The maximum Gasteiger partial charge on any atom is 0.0299 e. The third-order valence-electron chi connectivity index (χ3n) is 4.30. The van der Waals surface area contributed by atoms with E-state index in [-0.39, 0.29) is 0 Å². The molecule has 2 heterocycles. The quantitative estimate of drug-likeness (QED) is 0.792. The summed E-state index contributed by atoms with van der Waals surface area (Å²) in [5.74, 6) is 0.914. The summed E-state index contributed by atoms with van der Waals surface area (Å²) in [6, 6.07) is 2.43. The lowest BCUT2D eigenvalue weighted by Crippen LogP contribution is -2.24. The normalized spacial score (nSPS) is 21.1. The highest BCUT2D eigenvalue weighted by molar-refractivity contribution is 7.12. The number of nitrogens with one attached hydrogen (secondary N) is 1. The Morgan fingerprint density at radius 2 is 2.20 bits per heavy atom. The van der Waals surface area contributed by atoms with E-state index in [1.165, 1.54) is 48.5 Å². The van der Waals surface area contributed by atoms with Crippen molar-refractivity contribution in [3.05, 3.63) is 21.4 Å². The first-order chi connectivity index (χ1) is 9.69. The average molecular weight is 295 g/mol. The highest BCUT2D eigenvalue weighted by atomic mass is 32.1. The van der Waals surface area contributed by atoms with Crippen LogP contribution in [-0.2, 0) is 13.1 Å². The smallest absolute Gasteiger partial charge is 0.0299 e. The summed E-state index contributed by atoms with van der Waals surface area (Å²) in [6.45, 7) is 12.8. The van der Waals surface area contributed by atoms with Crippen LogP contribution in [0.1, 0.15) is 54.8 Å². The largest absolute Gasteiger partial charge is 0.312 e. The fourth-order valence-corrected chi connectivity index (χ4v) is 3.96. The molecule has 1 aromatic heterocycles. The molecule has 0 aromatic carbocycles. The summed E-state index contributed by atoms with van der Waals surface area (Å²) in [6.07, 6.45) is 5.36. The van der Waals surface area contributed by atoms with Gasteiger partial charge in [0.2, 0.25) is 0 Å². The summed E-state index contributed by atoms with van der Waals surface area (Å²) in [5, 5.41) is 3.51. The van der Waals surface area contributed by atoms with E-state index in [0.717, 1.165) is 25.6 Å². The SMILES string of the molecule is CCCNCc1cc(CN2CCCC(C)CC2)c(C)s1. The lowest BCUT2D eigenvalue weighted by Gasteiger charge is -2.19. The first-order valence-electron chi connectivity index (χ1n) is 8.20. The topological polar surface area (TPSA) is 15.3 Å². The summed E-state index contributed by atoms with van der Waals surface area (Å²) in [7, 11) is 0. The molecule has 2 nitrogen and oxygen atoms in total. The third-order valence-corrected chi connectivity index (χ3v) is 5.39. The van der Waals surface area contributed by atoms with Crippen LogP contribution in [0.25, 0.3) is 0 Å². The van der Waals surface area contributed by atoms with Gasteiger partial charge in [-0.25, -0.2) is 0 Å². The molecule has 0 amide bonds. The molecule has 1 aliphatic rings. The number of aryl methyl sites for hydroxylation is 1. The second-order valence-electron chi connectivity index (χ2n) is 6.28. The first-order valence-corrected chi connectivity index (χ1v) is 9.02. The maximum absolute atomic E-state index is 3.51. The van der Waals surface area contributed by atoms with E-state index in [0.29, 0.717) is 0 Å². The van der Waals surface area contributed by atoms with Gasteiger partial charge in [-0.3, -0.25) is 4.90 Å². The van der Waals surface area contributed by atoms with Gasteiger partial charge in [0.15, 0.2) is 0 Å². The molecule has 1 aliphatic heterocycles. The molecule has 114 valence electrons. The van der Waals surface area contributed by atoms with Crippen molar-refractivity contribution in [2.75, 3.05) is 19.6 Å². The van der Waals surface area contributed by atoms with Crippen LogP contribution in [0, 0.1) is 12.8 Å². The van der Waals surface area contributed by atoms with Crippen LogP contribution in [0.15, 0.2) is 6.07 Å². The van der Waals surface area contributed by atoms with Crippen molar-refractivity contribution in [3.63, 3.8) is 0 Å². The van der Waals surface area contributed by atoms with Crippen LogP contribution >= 0.6 is 11.3 Å². The van der Waals surface area contributed by atoms with Gasteiger partial charge in [0.1, 0.15) is 0 Å². The first kappa shape index (κ1) is 16.0. The van der Waals surface area contributed by atoms with E-state index in [9.17, 15) is 0 Å². The molecule has 1 N–H and O–H groups in total. The van der Waals surface area contributed by atoms with Gasteiger partial charge in [-0.05, 0) is 69.8 Å². The molecule has 1 unspecified atom stereocenters. The zero-order chi connectivity index (χ0) is 14.4. The Bertz CT molecular complexity index is 400. The van der Waals surface area contributed by atoms with Crippen LogP contribution in [-0.4, -0.2) is 24.5 Å². The Labute approximate surface area is 128 Å². The van der Waals surface area contributed by atoms with Gasteiger partial charge in [-0.15, -0.1) is 11.3 Å². The molecule has 20 heavy (non-hydrogen) atoms. The fourth-order valence-electron chi connectivity index (χ4n) is 2.94. The molecule has 3 heteroatoms. The summed E-state index contributed by atoms with van der Waals surface area (Å²) in [5.41, 5.74) is 1.55. The molecule has 1 aromatic rings. The molecular weight excluding hydrogens is 264 g/mol. The summed E-state index contributed by atoms with van der Waals surface area (Å²) >= 11 is 1.97. The van der Waals surface area contributed by atoms with Crippen molar-refractivity contribution >= 4 is 11.3 Å². The average Bonchev–Trinajstić information content (AvgIpc) is 2.63. The van der Waals surface area contributed by atoms with Gasteiger partial charge in [-0.1, -0.05) is 13.8 Å². The maximum atomic E-state index is 3.51. The lowest BCUT2D eigenvalue weighted by atomic mass is 10.0. The standard InChI is InChI=1S/C17H30N2S/c1-4-8-18-12-17-11-16(15(3)20-17)13-19-9-5-6-14(2)7-10-19/h11,14,18H,4-10,12-13H2,1-3H3. The number of hydrogen-bond donors (Lipinski definition) is 1. The number of likely N-dealkylation sites (tertiary alicyclic amines) is 1. The van der Waals surface area contributed by atoms with Crippen LogP contribution < -0.4 is 5.32 Å². The van der Waals surface area contributed by atoms with Gasteiger partial charge in [0.25, 0.3) is 0 Å².